The average molecular weight is 489 g/mol. The smallest absolute Gasteiger partial charge is 0.261 e. The third kappa shape index (κ3) is 5.97. The van der Waals surface area contributed by atoms with E-state index in [9.17, 15) is 18.0 Å². The first kappa shape index (κ1) is 23.5. The van der Waals surface area contributed by atoms with Gasteiger partial charge in [0.05, 0.1) is 14.9 Å². The van der Waals surface area contributed by atoms with Crippen molar-refractivity contribution < 1.29 is 18.0 Å². The molecule has 0 aliphatic heterocycles. The van der Waals surface area contributed by atoms with E-state index in [1.807, 2.05) is 0 Å². The number of halogens is 2. The Hall–Kier alpha value is -3.13. The van der Waals surface area contributed by atoms with E-state index >= 15 is 0 Å². The maximum Gasteiger partial charge on any atom is 0.261 e. The standard InChI is InChI=1S/C23H18Cl2N2O4S/c1-15(28)16-3-2-4-19(13-16)27-32(30,31)20-8-6-18(7-9-20)26-12-11-23(29)17-5-10-21(24)22(25)14-17/h2-14,26-27H,1H3/b12-11+. The molecule has 32 heavy (non-hydrogen) atoms. The second-order valence-electron chi connectivity index (χ2n) is 6.74. The second-order valence-corrected chi connectivity index (χ2v) is 9.23. The number of nitrogens with one attached hydrogen (secondary N) is 2. The molecule has 3 aromatic rings. The lowest BCUT2D eigenvalue weighted by molar-refractivity contribution is 0.101. The number of Topliss-reactive ketones (excluding diaryl/α,β-unsaturated/α-hetero) is 1. The number of hydrogen-bond acceptors (Lipinski definition) is 5. The van der Waals surface area contributed by atoms with Gasteiger partial charge in [-0.05, 0) is 61.5 Å². The Morgan fingerprint density at radius 3 is 2.22 bits per heavy atom. The van der Waals surface area contributed by atoms with Gasteiger partial charge in [-0.25, -0.2) is 8.42 Å². The number of benzene rings is 3. The summed E-state index contributed by atoms with van der Waals surface area (Å²) in [5.41, 5.74) is 1.68. The van der Waals surface area contributed by atoms with Crippen LogP contribution in [0.25, 0.3) is 0 Å². The van der Waals surface area contributed by atoms with Gasteiger partial charge < -0.3 is 5.32 Å². The summed E-state index contributed by atoms with van der Waals surface area (Å²) in [6, 6.07) is 16.8. The third-order valence-corrected chi connectivity index (χ3v) is 6.51. The van der Waals surface area contributed by atoms with E-state index in [2.05, 4.69) is 10.0 Å². The zero-order chi connectivity index (χ0) is 23.3. The van der Waals surface area contributed by atoms with E-state index in [0.29, 0.717) is 27.5 Å². The molecule has 3 rings (SSSR count). The maximum atomic E-state index is 12.6. The van der Waals surface area contributed by atoms with Crippen LogP contribution >= 0.6 is 23.2 Å². The average Bonchev–Trinajstić information content (AvgIpc) is 2.76. The lowest BCUT2D eigenvalue weighted by Crippen LogP contribution is -2.13. The molecule has 164 valence electrons. The Morgan fingerprint density at radius 2 is 1.56 bits per heavy atom. The monoisotopic (exact) mass is 488 g/mol. The van der Waals surface area contributed by atoms with Crippen LogP contribution in [0.3, 0.4) is 0 Å². The summed E-state index contributed by atoms with van der Waals surface area (Å²) in [5, 5.41) is 3.56. The first-order valence-corrected chi connectivity index (χ1v) is 11.6. The molecule has 0 atom stereocenters. The molecular formula is C23H18Cl2N2O4S. The molecule has 6 nitrogen and oxygen atoms in total. The summed E-state index contributed by atoms with van der Waals surface area (Å²) in [4.78, 5) is 23.7. The highest BCUT2D eigenvalue weighted by atomic mass is 35.5. The lowest BCUT2D eigenvalue weighted by Gasteiger charge is -2.09. The Kier molecular flexibility index (Phi) is 7.35. The number of hydrogen-bond donors (Lipinski definition) is 2. The molecule has 0 amide bonds. The summed E-state index contributed by atoms with van der Waals surface area (Å²) in [7, 11) is -3.83. The third-order valence-electron chi connectivity index (χ3n) is 4.37. The highest BCUT2D eigenvalue weighted by Crippen LogP contribution is 2.23. The molecule has 0 aromatic heterocycles. The fourth-order valence-corrected chi connectivity index (χ4v) is 4.05. The number of allylic oxidation sites excluding steroid dienone is 1. The minimum atomic E-state index is -3.83. The summed E-state index contributed by atoms with van der Waals surface area (Å²) in [6.45, 7) is 1.41. The molecule has 0 aliphatic rings. The number of anilines is 2. The minimum Gasteiger partial charge on any atom is -0.362 e. The molecule has 0 bridgehead atoms. The topological polar surface area (TPSA) is 92.3 Å². The molecule has 0 radical (unpaired) electrons. The molecule has 0 fully saturated rings. The van der Waals surface area contributed by atoms with E-state index in [4.69, 9.17) is 23.2 Å². The zero-order valence-electron chi connectivity index (χ0n) is 16.8. The van der Waals surface area contributed by atoms with Crippen molar-refractivity contribution in [2.75, 3.05) is 10.0 Å². The summed E-state index contributed by atoms with van der Waals surface area (Å²) in [6.07, 6.45) is 2.77. The van der Waals surface area contributed by atoms with Crippen molar-refractivity contribution in [2.45, 2.75) is 11.8 Å². The van der Waals surface area contributed by atoms with Gasteiger partial charge in [0.2, 0.25) is 0 Å². The number of carbonyl (C=O) groups excluding carboxylic acids is 2. The number of ketones is 2. The summed E-state index contributed by atoms with van der Waals surface area (Å²) in [5.74, 6) is -0.431. The molecule has 9 heteroatoms. The molecule has 0 unspecified atom stereocenters. The fourth-order valence-electron chi connectivity index (χ4n) is 2.71. The van der Waals surface area contributed by atoms with Crippen LogP contribution in [0.5, 0.6) is 0 Å². The molecular weight excluding hydrogens is 471 g/mol. The highest BCUT2D eigenvalue weighted by molar-refractivity contribution is 7.92. The van der Waals surface area contributed by atoms with Gasteiger partial charge in [0.25, 0.3) is 10.0 Å². The van der Waals surface area contributed by atoms with Gasteiger partial charge >= 0.3 is 0 Å². The van der Waals surface area contributed by atoms with Crippen LogP contribution in [0.15, 0.2) is 83.9 Å². The Balaban J connectivity index is 1.65. The van der Waals surface area contributed by atoms with Crippen molar-refractivity contribution in [1.82, 2.24) is 0 Å². The normalized spacial score (nSPS) is 11.3. The first-order valence-electron chi connectivity index (χ1n) is 9.32. The van der Waals surface area contributed by atoms with Gasteiger partial charge in [0.15, 0.2) is 11.6 Å². The van der Waals surface area contributed by atoms with E-state index in [0.717, 1.165) is 0 Å². The van der Waals surface area contributed by atoms with Crippen LogP contribution in [-0.4, -0.2) is 20.0 Å². The first-order chi connectivity index (χ1) is 15.2. The molecule has 0 spiro atoms. The van der Waals surface area contributed by atoms with Gasteiger partial charge in [-0.3, -0.25) is 14.3 Å². The van der Waals surface area contributed by atoms with Crippen LogP contribution in [0.4, 0.5) is 11.4 Å². The van der Waals surface area contributed by atoms with Gasteiger partial charge in [-0.2, -0.15) is 0 Å². The van der Waals surface area contributed by atoms with Crippen molar-refractivity contribution in [3.63, 3.8) is 0 Å². The summed E-state index contributed by atoms with van der Waals surface area (Å²) >= 11 is 11.8. The van der Waals surface area contributed by atoms with Crippen LogP contribution in [0.2, 0.25) is 10.0 Å². The van der Waals surface area contributed by atoms with Crippen molar-refractivity contribution >= 4 is 56.2 Å². The van der Waals surface area contributed by atoms with Crippen molar-refractivity contribution in [1.29, 1.82) is 0 Å². The Labute approximate surface area is 195 Å². The van der Waals surface area contributed by atoms with Gasteiger partial charge in [0, 0.05) is 34.8 Å². The molecule has 0 saturated heterocycles. The molecule has 0 heterocycles. The number of rotatable bonds is 8. The second kappa shape index (κ2) is 9.99. The minimum absolute atomic E-state index is 0.0483. The molecule has 0 saturated carbocycles. The van der Waals surface area contributed by atoms with E-state index < -0.39 is 10.0 Å². The van der Waals surface area contributed by atoms with E-state index in [-0.39, 0.29) is 21.5 Å². The zero-order valence-corrected chi connectivity index (χ0v) is 19.1. The van der Waals surface area contributed by atoms with Crippen LogP contribution in [0.1, 0.15) is 27.6 Å². The molecule has 0 aliphatic carbocycles. The maximum absolute atomic E-state index is 12.6. The van der Waals surface area contributed by atoms with Gasteiger partial charge in [-0.15, -0.1) is 0 Å². The molecule has 3 aromatic carbocycles. The van der Waals surface area contributed by atoms with E-state index in [1.54, 1.807) is 42.5 Å². The fraction of sp³-hybridized carbons (Fsp3) is 0.0435. The number of carbonyl (C=O) groups is 2. The molecule has 2 N–H and O–H groups in total. The van der Waals surface area contributed by atoms with Gasteiger partial charge in [-0.1, -0.05) is 35.3 Å². The van der Waals surface area contributed by atoms with Crippen LogP contribution in [0, 0.1) is 0 Å². The van der Waals surface area contributed by atoms with Crippen LogP contribution < -0.4 is 10.0 Å². The predicted octanol–water partition coefficient (Wildman–Crippen LogP) is 5.81. The van der Waals surface area contributed by atoms with Crippen LogP contribution in [-0.2, 0) is 10.0 Å². The largest absolute Gasteiger partial charge is 0.362 e. The Bertz CT molecular complexity index is 1300. The predicted molar refractivity (Wildman–Crippen MR) is 127 cm³/mol. The number of sulfonamides is 1. The van der Waals surface area contributed by atoms with Crippen molar-refractivity contribution in [3.05, 3.63) is 100 Å². The van der Waals surface area contributed by atoms with Gasteiger partial charge in [0.1, 0.15) is 0 Å². The Morgan fingerprint density at radius 1 is 0.844 bits per heavy atom. The van der Waals surface area contributed by atoms with E-state index in [1.165, 1.54) is 43.5 Å². The van der Waals surface area contributed by atoms with Crippen molar-refractivity contribution in [2.24, 2.45) is 0 Å². The lowest BCUT2D eigenvalue weighted by atomic mass is 10.1. The highest BCUT2D eigenvalue weighted by Gasteiger charge is 2.14. The summed E-state index contributed by atoms with van der Waals surface area (Å²) < 4.78 is 27.7. The SMILES string of the molecule is CC(=O)c1cccc(NS(=O)(=O)c2ccc(N/C=C/C(=O)c3ccc(Cl)c(Cl)c3)cc2)c1. The quantitative estimate of drug-likeness (QED) is 0.308. The van der Waals surface area contributed by atoms with Crippen molar-refractivity contribution in [3.8, 4) is 0 Å².